The third-order valence-corrected chi connectivity index (χ3v) is 10.4. The van der Waals surface area contributed by atoms with E-state index in [4.69, 9.17) is 14.7 Å². The lowest BCUT2D eigenvalue weighted by atomic mass is 9.46. The number of oxime groups is 1. The van der Waals surface area contributed by atoms with Gasteiger partial charge < -0.3 is 19.8 Å². The molecule has 6 heteroatoms. The maximum absolute atomic E-state index is 12.3. The Morgan fingerprint density at radius 3 is 2.66 bits per heavy atom. The second-order valence-corrected chi connectivity index (χ2v) is 12.1. The Kier molecular flexibility index (Phi) is 5.17. The zero-order valence-electron chi connectivity index (χ0n) is 21.0. The topological polar surface area (TPSA) is 91.7 Å². The number of carbonyl (C=O) groups is 1. The fourth-order valence-corrected chi connectivity index (χ4v) is 8.65. The SMILES string of the molecule is CC(C)OC[C@]1(O)CC[C@H]2[C@@H]3CCC4=CC(=O)CC[C@]45O[C@]35[C@@H](c3ccc(/C=N/O)cc3)C[C@@]21C. The van der Waals surface area contributed by atoms with E-state index >= 15 is 0 Å². The van der Waals surface area contributed by atoms with Gasteiger partial charge in [-0.25, -0.2) is 0 Å². The summed E-state index contributed by atoms with van der Waals surface area (Å²) in [4.78, 5) is 12.3. The summed E-state index contributed by atoms with van der Waals surface area (Å²) < 4.78 is 13.0. The van der Waals surface area contributed by atoms with Crippen LogP contribution in [-0.2, 0) is 14.3 Å². The Labute approximate surface area is 207 Å². The first-order valence-electron chi connectivity index (χ1n) is 13.2. The van der Waals surface area contributed by atoms with Crippen molar-refractivity contribution in [3.05, 3.63) is 47.0 Å². The summed E-state index contributed by atoms with van der Waals surface area (Å²) >= 11 is 0. The minimum atomic E-state index is -0.869. The van der Waals surface area contributed by atoms with Gasteiger partial charge in [0.15, 0.2) is 5.78 Å². The van der Waals surface area contributed by atoms with Gasteiger partial charge in [0.1, 0.15) is 11.2 Å². The van der Waals surface area contributed by atoms with Gasteiger partial charge in [-0.3, -0.25) is 4.79 Å². The standard InChI is InChI=1S/C29H37NO5/c1-18(2)34-17-27(32)12-11-23-24-9-8-21-14-22(31)10-13-28(21)29(24,35-28)25(15-26(23,27)3)20-6-4-19(5-7-20)16-30-33/h4-7,14,16,18,23-25,32-33H,8-13,15,17H2,1-3H3/b30-16+/t23-,24-,25+,26-,27+,28-,29-/m0/s1. The van der Waals surface area contributed by atoms with E-state index in [0.29, 0.717) is 24.9 Å². The minimum absolute atomic E-state index is 0.0744. The molecule has 4 aliphatic carbocycles. The molecule has 0 amide bonds. The van der Waals surface area contributed by atoms with Crippen molar-refractivity contribution in [1.29, 1.82) is 0 Å². The van der Waals surface area contributed by atoms with Gasteiger partial charge in [-0.2, -0.15) is 0 Å². The van der Waals surface area contributed by atoms with Crippen molar-refractivity contribution in [2.45, 2.75) is 94.5 Å². The van der Waals surface area contributed by atoms with Crippen LogP contribution in [0.5, 0.6) is 0 Å². The predicted molar refractivity (Wildman–Crippen MR) is 132 cm³/mol. The van der Waals surface area contributed by atoms with Gasteiger partial charge in [0.2, 0.25) is 0 Å². The molecule has 1 aromatic rings. The van der Waals surface area contributed by atoms with E-state index in [1.807, 2.05) is 32.1 Å². The molecular weight excluding hydrogens is 442 g/mol. The molecule has 188 valence electrons. The molecule has 5 aliphatic rings. The average molecular weight is 480 g/mol. The lowest BCUT2D eigenvalue weighted by molar-refractivity contribution is -0.159. The zero-order valence-corrected chi connectivity index (χ0v) is 21.0. The predicted octanol–water partition coefficient (Wildman–Crippen LogP) is 4.76. The lowest BCUT2D eigenvalue weighted by Crippen LogP contribution is -2.60. The van der Waals surface area contributed by atoms with Crippen molar-refractivity contribution in [2.75, 3.05) is 6.61 Å². The molecule has 6 rings (SSSR count). The molecule has 0 bridgehead atoms. The Hall–Kier alpha value is -2.02. The summed E-state index contributed by atoms with van der Waals surface area (Å²) in [5.74, 6) is 1.03. The van der Waals surface area contributed by atoms with Crippen LogP contribution in [0.25, 0.3) is 0 Å². The van der Waals surface area contributed by atoms with Crippen LogP contribution in [0, 0.1) is 17.3 Å². The van der Waals surface area contributed by atoms with E-state index in [0.717, 1.165) is 44.1 Å². The quantitative estimate of drug-likeness (QED) is 0.275. The molecule has 2 N–H and O–H groups in total. The smallest absolute Gasteiger partial charge is 0.155 e. The molecule has 1 saturated heterocycles. The van der Waals surface area contributed by atoms with Crippen molar-refractivity contribution in [2.24, 2.45) is 22.4 Å². The Bertz CT molecular complexity index is 1090. The molecule has 4 fully saturated rings. The third kappa shape index (κ3) is 3.06. The van der Waals surface area contributed by atoms with Crippen LogP contribution >= 0.6 is 0 Å². The van der Waals surface area contributed by atoms with Crippen LogP contribution in [0.2, 0.25) is 0 Å². The number of aliphatic hydroxyl groups is 1. The number of nitrogens with zero attached hydrogens (tertiary/aromatic N) is 1. The summed E-state index contributed by atoms with van der Waals surface area (Å²) in [5.41, 5.74) is 1.41. The molecule has 0 unspecified atom stereocenters. The Morgan fingerprint density at radius 1 is 1.17 bits per heavy atom. The van der Waals surface area contributed by atoms with Crippen molar-refractivity contribution in [3.8, 4) is 0 Å². The molecule has 0 radical (unpaired) electrons. The van der Waals surface area contributed by atoms with Crippen molar-refractivity contribution in [1.82, 2.24) is 0 Å². The average Bonchev–Trinajstić information content (AvgIpc) is 3.44. The number of ketones is 1. The van der Waals surface area contributed by atoms with Gasteiger partial charge >= 0.3 is 0 Å². The summed E-state index contributed by atoms with van der Waals surface area (Å²) in [6.07, 6.45) is 9.16. The van der Waals surface area contributed by atoms with Gasteiger partial charge in [-0.15, -0.1) is 0 Å². The number of carbonyl (C=O) groups excluding carboxylic acids is 1. The summed E-state index contributed by atoms with van der Waals surface area (Å²) in [6.45, 7) is 6.69. The third-order valence-electron chi connectivity index (χ3n) is 10.4. The number of ether oxygens (including phenoxy) is 2. The summed E-state index contributed by atoms with van der Waals surface area (Å²) in [6, 6.07) is 8.21. The van der Waals surface area contributed by atoms with Gasteiger partial charge in [-0.05, 0) is 87.0 Å². The van der Waals surface area contributed by atoms with E-state index in [-0.39, 0.29) is 34.4 Å². The largest absolute Gasteiger partial charge is 0.411 e. The number of hydrogen-bond acceptors (Lipinski definition) is 6. The normalized spacial score (nSPS) is 44.0. The van der Waals surface area contributed by atoms with Gasteiger partial charge in [0.05, 0.1) is 24.5 Å². The fourth-order valence-electron chi connectivity index (χ4n) is 8.65. The highest BCUT2D eigenvalue weighted by molar-refractivity contribution is 5.92. The Morgan fingerprint density at radius 2 is 1.94 bits per heavy atom. The van der Waals surface area contributed by atoms with Crippen LogP contribution in [-0.4, -0.2) is 51.8 Å². The molecule has 7 atom stereocenters. The highest BCUT2D eigenvalue weighted by Gasteiger charge is 2.83. The van der Waals surface area contributed by atoms with Gasteiger partial charge in [0, 0.05) is 17.8 Å². The van der Waals surface area contributed by atoms with E-state index < -0.39 is 5.60 Å². The first-order valence-corrected chi connectivity index (χ1v) is 13.2. The first kappa shape index (κ1) is 23.4. The van der Waals surface area contributed by atoms with E-state index in [9.17, 15) is 9.90 Å². The minimum Gasteiger partial charge on any atom is -0.411 e. The Balaban J connectivity index is 1.45. The molecule has 2 spiro atoms. The van der Waals surface area contributed by atoms with Crippen LogP contribution in [0.4, 0.5) is 0 Å². The number of epoxide rings is 1. The molecule has 0 aromatic heterocycles. The van der Waals surface area contributed by atoms with Crippen LogP contribution in [0.15, 0.2) is 41.1 Å². The van der Waals surface area contributed by atoms with Crippen molar-refractivity contribution in [3.63, 3.8) is 0 Å². The number of hydrogen-bond donors (Lipinski definition) is 2. The second kappa shape index (κ2) is 7.74. The van der Waals surface area contributed by atoms with Crippen LogP contribution in [0.1, 0.15) is 82.8 Å². The summed E-state index contributed by atoms with van der Waals surface area (Å²) in [7, 11) is 0. The van der Waals surface area contributed by atoms with Crippen molar-refractivity contribution < 1.29 is 24.6 Å². The lowest BCUT2D eigenvalue weighted by Gasteiger charge is -2.56. The highest BCUT2D eigenvalue weighted by atomic mass is 16.6. The highest BCUT2D eigenvalue weighted by Crippen LogP contribution is 2.79. The monoisotopic (exact) mass is 479 g/mol. The number of benzene rings is 1. The zero-order chi connectivity index (χ0) is 24.6. The van der Waals surface area contributed by atoms with E-state index in [1.165, 1.54) is 17.4 Å². The molecule has 1 aromatic carbocycles. The van der Waals surface area contributed by atoms with E-state index in [1.54, 1.807) is 0 Å². The van der Waals surface area contributed by atoms with Gasteiger partial charge in [-0.1, -0.05) is 36.3 Å². The molecule has 1 aliphatic heterocycles. The van der Waals surface area contributed by atoms with Crippen molar-refractivity contribution >= 4 is 12.0 Å². The molecule has 35 heavy (non-hydrogen) atoms. The summed E-state index contributed by atoms with van der Waals surface area (Å²) in [5, 5.41) is 24.2. The van der Waals surface area contributed by atoms with E-state index in [2.05, 4.69) is 24.2 Å². The maximum atomic E-state index is 12.3. The van der Waals surface area contributed by atoms with Gasteiger partial charge in [0.25, 0.3) is 0 Å². The maximum Gasteiger partial charge on any atom is 0.155 e. The number of rotatable bonds is 5. The first-order chi connectivity index (χ1) is 16.7. The van der Waals surface area contributed by atoms with Crippen LogP contribution < -0.4 is 0 Å². The van der Waals surface area contributed by atoms with Crippen LogP contribution in [0.3, 0.4) is 0 Å². The molecular formula is C29H37NO5. The molecule has 3 saturated carbocycles. The molecule has 6 nitrogen and oxygen atoms in total. The fraction of sp³-hybridized carbons (Fsp3) is 0.655. The number of fused-ring (bicyclic) bond motifs is 2. The second-order valence-electron chi connectivity index (χ2n) is 12.1. The molecule has 1 heterocycles.